The number of allylic oxidation sites excluding steroid dienone is 4. The quantitative estimate of drug-likeness (QED) is 0.175. The monoisotopic (exact) mass is 676 g/mol. The van der Waals surface area contributed by atoms with Crippen LogP contribution in [0.4, 0.5) is 0 Å². The van der Waals surface area contributed by atoms with Crippen LogP contribution in [0.3, 0.4) is 0 Å². The van der Waals surface area contributed by atoms with Crippen LogP contribution in [0.25, 0.3) is 104 Å². The van der Waals surface area contributed by atoms with Gasteiger partial charge in [-0.1, -0.05) is 134 Å². The van der Waals surface area contributed by atoms with E-state index >= 15 is 0 Å². The van der Waals surface area contributed by atoms with Gasteiger partial charge in [-0.3, -0.25) is 4.57 Å². The SMILES string of the molecule is CC1C=CC(c2ccc(-c3nc(-n4c5ccccc5c5cc6c7ccccc7n7c8ccccc8c(c54)c67)nc4c3ccc3ccccc34)cc2)=CC1. The van der Waals surface area contributed by atoms with E-state index in [1.165, 1.54) is 60.0 Å². The average molecular weight is 677 g/mol. The maximum Gasteiger partial charge on any atom is 0.235 e. The molecule has 1 aliphatic carbocycles. The predicted octanol–water partition coefficient (Wildman–Crippen LogP) is 12.7. The van der Waals surface area contributed by atoms with Gasteiger partial charge in [0, 0.05) is 48.7 Å². The van der Waals surface area contributed by atoms with Gasteiger partial charge in [-0.2, -0.15) is 0 Å². The zero-order valence-electron chi connectivity index (χ0n) is 29.1. The molecule has 4 heteroatoms. The molecule has 53 heavy (non-hydrogen) atoms. The smallest absolute Gasteiger partial charge is 0.235 e. The second kappa shape index (κ2) is 10.6. The molecular weight excluding hydrogens is 645 g/mol. The zero-order valence-corrected chi connectivity index (χ0v) is 29.1. The lowest BCUT2D eigenvalue weighted by atomic mass is 9.93. The summed E-state index contributed by atoms with van der Waals surface area (Å²) >= 11 is 0. The molecule has 11 aromatic rings. The highest BCUT2D eigenvalue weighted by Gasteiger charge is 2.25. The van der Waals surface area contributed by atoms with Crippen LogP contribution in [0.15, 0.2) is 158 Å². The number of hydrogen-bond donors (Lipinski definition) is 0. The molecule has 1 aliphatic rings. The lowest BCUT2D eigenvalue weighted by molar-refractivity contribution is 0.739. The summed E-state index contributed by atoms with van der Waals surface area (Å²) in [6, 6.07) is 50.7. The van der Waals surface area contributed by atoms with Crippen LogP contribution in [0.2, 0.25) is 0 Å². The van der Waals surface area contributed by atoms with Crippen LogP contribution in [-0.4, -0.2) is 18.9 Å². The van der Waals surface area contributed by atoms with Crippen molar-refractivity contribution in [2.45, 2.75) is 13.3 Å². The second-order valence-electron chi connectivity index (χ2n) is 14.6. The Bertz CT molecular complexity index is 3370. The summed E-state index contributed by atoms with van der Waals surface area (Å²) in [6.07, 6.45) is 7.99. The first-order valence-corrected chi connectivity index (χ1v) is 18.5. The van der Waals surface area contributed by atoms with Crippen molar-refractivity contribution in [3.05, 3.63) is 163 Å². The number of para-hydroxylation sites is 3. The third kappa shape index (κ3) is 3.95. The number of rotatable bonds is 3. The van der Waals surface area contributed by atoms with Gasteiger partial charge >= 0.3 is 0 Å². The van der Waals surface area contributed by atoms with E-state index in [4.69, 9.17) is 9.97 Å². The minimum Gasteiger partial charge on any atom is -0.308 e. The standard InChI is InChI=1S/C49H32N4/c1-29-18-20-30(21-19-29)31-22-24-33(25-23-31)45-38-27-26-32-10-2-3-11-34(32)46(38)51-49(50-45)53-42-16-8-5-13-36(42)40-28-39-35-12-4-7-15-41(35)52-43-17-9-6-14-37(43)44(47(39)52)48(40)53/h2-18,20-29H,19H2,1H3. The maximum atomic E-state index is 5.56. The normalized spacial score (nSPS) is 15.0. The van der Waals surface area contributed by atoms with Crippen LogP contribution in [-0.2, 0) is 0 Å². The fraction of sp³-hybridized carbons (Fsp3) is 0.0612. The third-order valence-electron chi connectivity index (χ3n) is 11.6. The van der Waals surface area contributed by atoms with Gasteiger partial charge in [-0.25, -0.2) is 9.97 Å². The summed E-state index contributed by atoms with van der Waals surface area (Å²) in [4.78, 5) is 11.1. The van der Waals surface area contributed by atoms with E-state index < -0.39 is 0 Å². The summed E-state index contributed by atoms with van der Waals surface area (Å²) in [7, 11) is 0. The molecule has 1 atom stereocenters. The molecule has 4 heterocycles. The topological polar surface area (TPSA) is 35.1 Å². The highest BCUT2D eigenvalue weighted by atomic mass is 15.2. The van der Waals surface area contributed by atoms with Crippen LogP contribution in [0.1, 0.15) is 18.9 Å². The maximum absolute atomic E-state index is 5.56. The van der Waals surface area contributed by atoms with Gasteiger partial charge in [-0.05, 0) is 59.2 Å². The molecule has 0 spiro atoms. The third-order valence-corrected chi connectivity index (χ3v) is 11.6. The number of hydrogen-bond acceptors (Lipinski definition) is 2. The second-order valence-corrected chi connectivity index (χ2v) is 14.6. The first kappa shape index (κ1) is 28.9. The number of nitrogens with zero attached hydrogens (tertiary/aromatic N) is 4. The molecule has 248 valence electrons. The Labute approximate surface area is 304 Å². The zero-order chi connectivity index (χ0) is 34.8. The molecule has 4 nitrogen and oxygen atoms in total. The van der Waals surface area contributed by atoms with Crippen molar-refractivity contribution in [3.8, 4) is 17.2 Å². The van der Waals surface area contributed by atoms with Gasteiger partial charge in [0.15, 0.2) is 0 Å². The molecule has 0 fully saturated rings. The minimum absolute atomic E-state index is 0.581. The predicted molar refractivity (Wildman–Crippen MR) is 222 cm³/mol. The lowest BCUT2D eigenvalue weighted by Gasteiger charge is -2.15. The van der Waals surface area contributed by atoms with E-state index in [1.807, 2.05) is 0 Å². The lowest BCUT2D eigenvalue weighted by Crippen LogP contribution is -2.04. The summed E-state index contributed by atoms with van der Waals surface area (Å²) < 4.78 is 4.79. The van der Waals surface area contributed by atoms with Crippen LogP contribution >= 0.6 is 0 Å². The molecular formula is C49H32N4. The first-order chi connectivity index (χ1) is 26.2. The van der Waals surface area contributed by atoms with Crippen molar-refractivity contribution in [1.29, 1.82) is 0 Å². The fourth-order valence-electron chi connectivity index (χ4n) is 9.10. The minimum atomic E-state index is 0.581. The molecule has 0 aliphatic heterocycles. The van der Waals surface area contributed by atoms with Crippen molar-refractivity contribution in [2.24, 2.45) is 5.92 Å². The summed E-state index contributed by atoms with van der Waals surface area (Å²) in [6.45, 7) is 2.26. The molecule has 1 unspecified atom stereocenters. The molecule has 0 N–H and O–H groups in total. The Morgan fingerprint density at radius 1 is 0.547 bits per heavy atom. The Morgan fingerprint density at radius 3 is 1.96 bits per heavy atom. The van der Waals surface area contributed by atoms with Crippen LogP contribution in [0.5, 0.6) is 0 Å². The van der Waals surface area contributed by atoms with E-state index in [-0.39, 0.29) is 0 Å². The van der Waals surface area contributed by atoms with Crippen LogP contribution in [0, 0.1) is 5.92 Å². The summed E-state index contributed by atoms with van der Waals surface area (Å²) in [5.41, 5.74) is 11.4. The van der Waals surface area contributed by atoms with Gasteiger partial charge < -0.3 is 4.40 Å². The number of aromatic nitrogens is 4. The fourth-order valence-corrected chi connectivity index (χ4v) is 9.10. The molecule has 4 aromatic heterocycles. The van der Waals surface area contributed by atoms with E-state index in [9.17, 15) is 0 Å². The Morgan fingerprint density at radius 2 is 1.19 bits per heavy atom. The molecule has 0 radical (unpaired) electrons. The summed E-state index contributed by atoms with van der Waals surface area (Å²) in [5, 5.41) is 10.7. The van der Waals surface area contributed by atoms with E-state index in [1.54, 1.807) is 0 Å². The first-order valence-electron chi connectivity index (χ1n) is 18.5. The van der Waals surface area contributed by atoms with Crippen molar-refractivity contribution in [2.75, 3.05) is 0 Å². The van der Waals surface area contributed by atoms with Crippen molar-refractivity contribution in [3.63, 3.8) is 0 Å². The number of benzene rings is 7. The summed E-state index contributed by atoms with van der Waals surface area (Å²) in [5.74, 6) is 1.26. The van der Waals surface area contributed by atoms with Crippen molar-refractivity contribution >= 4 is 87.1 Å². The van der Waals surface area contributed by atoms with Gasteiger partial charge in [0.05, 0.1) is 38.8 Å². The molecule has 0 saturated heterocycles. The largest absolute Gasteiger partial charge is 0.308 e. The highest BCUT2D eigenvalue weighted by molar-refractivity contribution is 6.34. The van der Waals surface area contributed by atoms with E-state index in [0.29, 0.717) is 11.9 Å². The Kier molecular flexibility index (Phi) is 5.79. The van der Waals surface area contributed by atoms with Crippen molar-refractivity contribution in [1.82, 2.24) is 18.9 Å². The molecule has 12 rings (SSSR count). The van der Waals surface area contributed by atoms with Gasteiger partial charge in [0.2, 0.25) is 5.95 Å². The van der Waals surface area contributed by atoms with E-state index in [0.717, 1.165) is 50.4 Å². The Balaban J connectivity index is 1.22. The van der Waals surface area contributed by atoms with E-state index in [2.05, 4.69) is 174 Å². The average Bonchev–Trinajstić information content (AvgIpc) is 3.85. The van der Waals surface area contributed by atoms with Gasteiger partial charge in [0.25, 0.3) is 0 Å². The Hall–Kier alpha value is -6.78. The molecule has 0 bridgehead atoms. The molecule has 0 amide bonds. The highest BCUT2D eigenvalue weighted by Crippen LogP contribution is 2.46. The molecule has 0 saturated carbocycles. The van der Waals surface area contributed by atoms with Gasteiger partial charge in [0.1, 0.15) is 0 Å². The number of fused-ring (bicyclic) bond motifs is 13. The molecule has 7 aromatic carbocycles. The van der Waals surface area contributed by atoms with Gasteiger partial charge in [-0.15, -0.1) is 0 Å². The van der Waals surface area contributed by atoms with Crippen molar-refractivity contribution < 1.29 is 0 Å². The van der Waals surface area contributed by atoms with Crippen LogP contribution < -0.4 is 0 Å².